The first-order valence-electron chi connectivity index (χ1n) is 11.0. The molecule has 2 aromatic carbocycles. The summed E-state index contributed by atoms with van der Waals surface area (Å²) >= 11 is 0. The van der Waals surface area contributed by atoms with Crippen LogP contribution in [0.2, 0.25) is 0 Å². The van der Waals surface area contributed by atoms with Gasteiger partial charge in [0.1, 0.15) is 0 Å². The first-order chi connectivity index (χ1) is 15.6. The van der Waals surface area contributed by atoms with E-state index in [1.165, 1.54) is 5.56 Å². The van der Waals surface area contributed by atoms with E-state index < -0.39 is 0 Å². The van der Waals surface area contributed by atoms with Crippen molar-refractivity contribution in [2.45, 2.75) is 33.2 Å². The lowest BCUT2D eigenvalue weighted by molar-refractivity contribution is -0.119. The highest BCUT2D eigenvalue weighted by atomic mass is 16.1. The summed E-state index contributed by atoms with van der Waals surface area (Å²) in [6.07, 6.45) is 5.41. The van der Waals surface area contributed by atoms with Gasteiger partial charge in [-0.15, -0.1) is 0 Å². The van der Waals surface area contributed by atoms with Crippen molar-refractivity contribution in [3.63, 3.8) is 0 Å². The number of nitrogens with zero attached hydrogens (tertiary/aromatic N) is 3. The van der Waals surface area contributed by atoms with Crippen LogP contribution >= 0.6 is 0 Å². The molecular formula is C25H32N6O. The smallest absolute Gasteiger partial charge is 0.227 e. The van der Waals surface area contributed by atoms with Gasteiger partial charge in [-0.3, -0.25) is 9.79 Å². The largest absolute Gasteiger partial charge is 0.356 e. The summed E-state index contributed by atoms with van der Waals surface area (Å²) in [4.78, 5) is 16.4. The molecule has 7 heteroatoms. The van der Waals surface area contributed by atoms with E-state index in [1.807, 2.05) is 55.1 Å². The minimum atomic E-state index is 0.00145. The lowest BCUT2D eigenvalue weighted by Crippen LogP contribution is -2.37. The fourth-order valence-electron chi connectivity index (χ4n) is 3.18. The van der Waals surface area contributed by atoms with Crippen LogP contribution in [0, 0.1) is 5.92 Å². The van der Waals surface area contributed by atoms with Gasteiger partial charge in [0.05, 0.1) is 5.69 Å². The Morgan fingerprint density at radius 3 is 2.59 bits per heavy atom. The molecule has 0 saturated carbocycles. The lowest BCUT2D eigenvalue weighted by Gasteiger charge is -2.14. The van der Waals surface area contributed by atoms with Crippen molar-refractivity contribution in [2.24, 2.45) is 10.9 Å². The van der Waals surface area contributed by atoms with Crippen molar-refractivity contribution >= 4 is 17.6 Å². The zero-order valence-electron chi connectivity index (χ0n) is 19.0. The van der Waals surface area contributed by atoms with Gasteiger partial charge in [-0.2, -0.15) is 5.10 Å². The maximum Gasteiger partial charge on any atom is 0.227 e. The maximum atomic E-state index is 12.1. The Balaban J connectivity index is 1.45. The molecule has 0 aliphatic carbocycles. The Morgan fingerprint density at radius 2 is 1.91 bits per heavy atom. The molecule has 0 bridgehead atoms. The Labute approximate surface area is 190 Å². The first kappa shape index (κ1) is 23.1. The molecule has 32 heavy (non-hydrogen) atoms. The van der Waals surface area contributed by atoms with Crippen molar-refractivity contribution in [2.75, 3.05) is 18.9 Å². The quantitative estimate of drug-likeness (QED) is 0.355. The number of aliphatic imine (C=N–C) groups is 1. The molecule has 0 aliphatic rings. The average Bonchev–Trinajstić information content (AvgIpc) is 3.36. The van der Waals surface area contributed by atoms with Crippen LogP contribution in [0.5, 0.6) is 0 Å². The number of hydrogen-bond donors (Lipinski definition) is 3. The molecule has 3 N–H and O–H groups in total. The zero-order valence-corrected chi connectivity index (χ0v) is 19.0. The number of guanidine groups is 1. The van der Waals surface area contributed by atoms with E-state index in [0.717, 1.165) is 42.3 Å². The molecule has 1 unspecified atom stereocenters. The van der Waals surface area contributed by atoms with Gasteiger partial charge in [-0.1, -0.05) is 38.1 Å². The summed E-state index contributed by atoms with van der Waals surface area (Å²) in [5.74, 6) is 0.793. The number of hydrogen-bond acceptors (Lipinski definition) is 3. The minimum absolute atomic E-state index is 0.00145. The second-order valence-electron chi connectivity index (χ2n) is 7.72. The second-order valence-corrected chi connectivity index (χ2v) is 7.72. The molecule has 0 spiro atoms. The Hall–Kier alpha value is -3.61. The fraction of sp³-hybridized carbons (Fsp3) is 0.320. The van der Waals surface area contributed by atoms with Crippen molar-refractivity contribution in [1.82, 2.24) is 20.4 Å². The van der Waals surface area contributed by atoms with E-state index in [2.05, 4.69) is 50.3 Å². The van der Waals surface area contributed by atoms with E-state index in [9.17, 15) is 4.79 Å². The molecule has 1 amide bonds. The SMILES string of the molecule is CCC(C)C(=O)Nc1cccc(CNC(=NC)NCCc2ccc(-n3cccn3)cc2)c1. The standard InChI is InChI=1S/C25H32N6O/c1-4-19(2)24(32)30-22-8-5-7-21(17-22)18-28-25(26-3)27-15-13-20-9-11-23(12-10-20)31-16-6-14-29-31/h5-12,14,16-17,19H,4,13,15,18H2,1-3H3,(H,30,32)(H2,26,27,28). The molecule has 168 valence electrons. The van der Waals surface area contributed by atoms with Crippen LogP contribution in [0.4, 0.5) is 5.69 Å². The van der Waals surface area contributed by atoms with Gasteiger partial charge in [-0.25, -0.2) is 4.68 Å². The van der Waals surface area contributed by atoms with E-state index in [-0.39, 0.29) is 11.8 Å². The molecule has 3 aromatic rings. The van der Waals surface area contributed by atoms with Gasteiger partial charge >= 0.3 is 0 Å². The van der Waals surface area contributed by atoms with Crippen LogP contribution in [0.25, 0.3) is 5.69 Å². The number of carbonyl (C=O) groups is 1. The number of nitrogens with one attached hydrogen (secondary N) is 3. The summed E-state index contributed by atoms with van der Waals surface area (Å²) < 4.78 is 1.85. The summed E-state index contributed by atoms with van der Waals surface area (Å²) in [5.41, 5.74) is 4.18. The molecule has 1 heterocycles. The fourth-order valence-corrected chi connectivity index (χ4v) is 3.18. The van der Waals surface area contributed by atoms with E-state index in [1.54, 1.807) is 13.2 Å². The highest BCUT2D eigenvalue weighted by Gasteiger charge is 2.10. The number of aromatic nitrogens is 2. The molecule has 0 radical (unpaired) electrons. The van der Waals surface area contributed by atoms with Crippen molar-refractivity contribution in [3.8, 4) is 5.69 Å². The summed E-state index contributed by atoms with van der Waals surface area (Å²) in [6.45, 7) is 5.33. The Kier molecular flexibility index (Phi) is 8.43. The number of carbonyl (C=O) groups excluding carboxylic acids is 1. The second kappa shape index (κ2) is 11.7. The number of rotatable bonds is 9. The van der Waals surface area contributed by atoms with Crippen LogP contribution in [0.15, 0.2) is 72.0 Å². The molecule has 3 rings (SSSR count). The Bertz CT molecular complexity index is 1010. The predicted octanol–water partition coefficient (Wildman–Crippen LogP) is 3.76. The van der Waals surface area contributed by atoms with E-state index in [0.29, 0.717) is 6.54 Å². The molecule has 0 fully saturated rings. The summed E-state index contributed by atoms with van der Waals surface area (Å²) in [7, 11) is 1.76. The average molecular weight is 433 g/mol. The van der Waals surface area contributed by atoms with Crippen LogP contribution in [0.3, 0.4) is 0 Å². The maximum absolute atomic E-state index is 12.1. The van der Waals surface area contributed by atoms with Gasteiger partial charge in [0.2, 0.25) is 5.91 Å². The molecule has 1 atom stereocenters. The van der Waals surface area contributed by atoms with Crippen LogP contribution < -0.4 is 16.0 Å². The van der Waals surface area contributed by atoms with Crippen molar-refractivity contribution in [3.05, 3.63) is 78.1 Å². The normalized spacial score (nSPS) is 12.3. The minimum Gasteiger partial charge on any atom is -0.356 e. The summed E-state index contributed by atoms with van der Waals surface area (Å²) in [6, 6.07) is 18.2. The van der Waals surface area contributed by atoms with E-state index in [4.69, 9.17) is 0 Å². The van der Waals surface area contributed by atoms with Gasteiger partial charge in [0, 0.05) is 44.1 Å². The zero-order chi connectivity index (χ0) is 22.8. The molecule has 0 aliphatic heterocycles. The van der Waals surface area contributed by atoms with Crippen LogP contribution in [-0.2, 0) is 17.8 Å². The monoisotopic (exact) mass is 432 g/mol. The highest BCUT2D eigenvalue weighted by Crippen LogP contribution is 2.13. The van der Waals surface area contributed by atoms with Gasteiger partial charge < -0.3 is 16.0 Å². The van der Waals surface area contributed by atoms with Gasteiger partial charge in [-0.05, 0) is 54.3 Å². The van der Waals surface area contributed by atoms with E-state index >= 15 is 0 Å². The van der Waals surface area contributed by atoms with Crippen LogP contribution in [0.1, 0.15) is 31.4 Å². The Morgan fingerprint density at radius 1 is 1.09 bits per heavy atom. The van der Waals surface area contributed by atoms with Crippen LogP contribution in [-0.4, -0.2) is 35.2 Å². The number of amides is 1. The lowest BCUT2D eigenvalue weighted by atomic mass is 10.1. The number of anilines is 1. The molecule has 7 nitrogen and oxygen atoms in total. The first-order valence-corrected chi connectivity index (χ1v) is 11.0. The third-order valence-electron chi connectivity index (χ3n) is 5.35. The molecule has 0 saturated heterocycles. The highest BCUT2D eigenvalue weighted by molar-refractivity contribution is 5.92. The van der Waals surface area contributed by atoms with Crippen molar-refractivity contribution < 1.29 is 4.79 Å². The topological polar surface area (TPSA) is 83.3 Å². The van der Waals surface area contributed by atoms with Crippen molar-refractivity contribution in [1.29, 1.82) is 0 Å². The van der Waals surface area contributed by atoms with Gasteiger partial charge in [0.25, 0.3) is 0 Å². The molecular weight excluding hydrogens is 400 g/mol. The van der Waals surface area contributed by atoms with Gasteiger partial charge in [0.15, 0.2) is 5.96 Å². The summed E-state index contributed by atoms with van der Waals surface area (Å²) in [5, 5.41) is 13.9. The molecule has 1 aromatic heterocycles. The third-order valence-corrected chi connectivity index (χ3v) is 5.35. The third kappa shape index (κ3) is 6.70. The predicted molar refractivity (Wildman–Crippen MR) is 130 cm³/mol. The number of benzene rings is 2.